The van der Waals surface area contributed by atoms with Crippen LogP contribution in [0.4, 0.5) is 0 Å². The van der Waals surface area contributed by atoms with E-state index >= 15 is 0 Å². The molecular weight excluding hydrogens is 914 g/mol. The van der Waals surface area contributed by atoms with Crippen molar-refractivity contribution in [3.63, 3.8) is 0 Å². The molecule has 0 saturated heterocycles. The van der Waals surface area contributed by atoms with Crippen LogP contribution in [0.5, 0.6) is 0 Å². The summed E-state index contributed by atoms with van der Waals surface area (Å²) < 4.78 is 81.9. The number of para-hydroxylation sites is 3. The summed E-state index contributed by atoms with van der Waals surface area (Å²) in [6, 6.07) is 42.0. The van der Waals surface area contributed by atoms with Gasteiger partial charge in [-0.15, -0.1) is 11.6 Å². The molecule has 340 valence electrons. The van der Waals surface area contributed by atoms with E-state index in [0.717, 1.165) is 33.0 Å². The number of aliphatic hydroxyl groups excluding tert-OH is 1. The lowest BCUT2D eigenvalue weighted by Gasteiger charge is -2.10. The van der Waals surface area contributed by atoms with Crippen LogP contribution in [-0.2, 0) is 42.6 Å². The average molecular weight is 963 g/mol. The van der Waals surface area contributed by atoms with Crippen LogP contribution in [0.15, 0.2) is 160 Å². The fourth-order valence-corrected chi connectivity index (χ4v) is 13.1. The number of aldehydes is 1. The van der Waals surface area contributed by atoms with Gasteiger partial charge in [0.25, 0.3) is 30.1 Å². The van der Waals surface area contributed by atoms with E-state index in [0.29, 0.717) is 56.4 Å². The molecule has 0 amide bonds. The zero-order valence-electron chi connectivity index (χ0n) is 37.1. The van der Waals surface area contributed by atoms with Crippen LogP contribution >= 0.6 is 11.6 Å². The Labute approximate surface area is 390 Å². The van der Waals surface area contributed by atoms with E-state index in [9.17, 15) is 35.2 Å². The molecule has 0 bridgehead atoms. The highest BCUT2D eigenvalue weighted by atomic mass is 35.5. The van der Waals surface area contributed by atoms with Crippen LogP contribution in [0.3, 0.4) is 0 Å². The van der Waals surface area contributed by atoms with Crippen LogP contribution in [-0.4, -0.2) is 48.6 Å². The van der Waals surface area contributed by atoms with Crippen molar-refractivity contribution in [2.24, 2.45) is 0 Å². The minimum atomic E-state index is -3.74. The maximum Gasteiger partial charge on any atom is 0.268 e. The summed E-state index contributed by atoms with van der Waals surface area (Å²) in [5, 5.41) is 11.9. The van der Waals surface area contributed by atoms with Crippen molar-refractivity contribution < 1.29 is 35.2 Å². The second-order valence-electron chi connectivity index (χ2n) is 15.8. The Balaban J connectivity index is 0.000000147. The molecule has 3 aromatic heterocycles. The number of hydrogen-bond acceptors (Lipinski definition) is 8. The molecule has 11 nitrogen and oxygen atoms in total. The van der Waals surface area contributed by atoms with E-state index in [-0.39, 0.29) is 27.2 Å². The smallest absolute Gasteiger partial charge is 0.268 e. The van der Waals surface area contributed by atoms with Gasteiger partial charge in [0, 0.05) is 50.2 Å². The zero-order valence-corrected chi connectivity index (χ0v) is 40.3. The second kappa shape index (κ2) is 18.9. The highest BCUT2D eigenvalue weighted by Crippen LogP contribution is 2.33. The van der Waals surface area contributed by atoms with Gasteiger partial charge in [0.05, 0.1) is 37.8 Å². The molecule has 0 aliphatic rings. The van der Waals surface area contributed by atoms with Gasteiger partial charge in [0.1, 0.15) is 0 Å². The van der Waals surface area contributed by atoms with Gasteiger partial charge in [-0.25, -0.2) is 37.2 Å². The molecule has 0 aliphatic carbocycles. The first-order chi connectivity index (χ1) is 31.4. The number of aromatic nitrogens is 3. The SMILES string of the molecule is Cc1ccc(S(=O)(=O)n2c(C)c(C=O)c3ccccc32)cc1.Cc1ccc(S(=O)(=O)n2c(C)c(CCl)c3ccccc32)cc1.Cc1ccc(S(=O)(=O)n2c(C)c(CO)c3ccccc32)cc1. The monoisotopic (exact) mass is 961 g/mol. The number of rotatable bonds is 9. The summed E-state index contributed by atoms with van der Waals surface area (Å²) >= 11 is 6.03. The van der Waals surface area contributed by atoms with Gasteiger partial charge in [0.15, 0.2) is 6.29 Å². The van der Waals surface area contributed by atoms with E-state index in [1.165, 1.54) is 11.9 Å². The molecule has 0 aliphatic heterocycles. The molecule has 15 heteroatoms. The maximum absolute atomic E-state index is 13.0. The molecule has 1 N–H and O–H groups in total. The second-order valence-corrected chi connectivity index (χ2v) is 21.5. The number of aryl methyl sites for hydroxylation is 3. The van der Waals surface area contributed by atoms with E-state index in [4.69, 9.17) is 11.6 Å². The molecular formula is C51H48ClN3O8S3. The zero-order chi connectivity index (χ0) is 47.7. The van der Waals surface area contributed by atoms with Crippen molar-refractivity contribution in [2.45, 2.75) is 68.7 Å². The van der Waals surface area contributed by atoms with Crippen molar-refractivity contribution in [3.8, 4) is 0 Å². The van der Waals surface area contributed by atoms with Crippen LogP contribution in [0.25, 0.3) is 32.7 Å². The average Bonchev–Trinajstić information content (AvgIpc) is 3.89. The van der Waals surface area contributed by atoms with Crippen molar-refractivity contribution in [1.29, 1.82) is 0 Å². The van der Waals surface area contributed by atoms with E-state index in [1.54, 1.807) is 130 Å². The molecule has 3 heterocycles. The number of hydrogen-bond donors (Lipinski definition) is 1. The highest BCUT2D eigenvalue weighted by molar-refractivity contribution is 7.90. The lowest BCUT2D eigenvalue weighted by atomic mass is 10.1. The van der Waals surface area contributed by atoms with Gasteiger partial charge in [-0.2, -0.15) is 0 Å². The van der Waals surface area contributed by atoms with E-state index in [2.05, 4.69) is 0 Å². The quantitative estimate of drug-likeness (QED) is 0.111. The standard InChI is InChI=1S/C17H16ClNO2S.C17H17NO3S.C17H15NO3S/c1-12-7-9-14(10-8-12)22(20,21)19-13(2)16(11-18)15-5-3-4-6-17(15)19;2*1-12-7-9-14(10-8-12)22(20,21)18-13(2)16(11-19)15-5-3-4-6-17(15)18/h3-10H,11H2,1-2H3;3-10,19H,11H2,1-2H3;3-11H,1-2H3. The van der Waals surface area contributed by atoms with Crippen molar-refractivity contribution in [2.75, 3.05) is 0 Å². The lowest BCUT2D eigenvalue weighted by molar-refractivity contribution is 0.112. The van der Waals surface area contributed by atoms with Crippen molar-refractivity contribution in [1.82, 2.24) is 11.9 Å². The van der Waals surface area contributed by atoms with Crippen LogP contribution in [0, 0.1) is 41.5 Å². The van der Waals surface area contributed by atoms with Gasteiger partial charge < -0.3 is 5.11 Å². The van der Waals surface area contributed by atoms with Crippen molar-refractivity contribution in [3.05, 3.63) is 196 Å². The number of carbonyl (C=O) groups is 1. The van der Waals surface area contributed by atoms with Crippen molar-refractivity contribution >= 4 is 80.7 Å². The maximum atomic E-state index is 13.0. The predicted molar refractivity (Wildman–Crippen MR) is 262 cm³/mol. The van der Waals surface area contributed by atoms with Gasteiger partial charge in [-0.05, 0) is 102 Å². The Kier molecular flexibility index (Phi) is 13.7. The third kappa shape index (κ3) is 8.62. The molecule has 9 aromatic rings. The molecule has 0 atom stereocenters. The van der Waals surface area contributed by atoms with Gasteiger partial charge in [-0.3, -0.25) is 4.79 Å². The molecule has 0 unspecified atom stereocenters. The van der Waals surface area contributed by atoms with E-state index < -0.39 is 30.1 Å². The fraction of sp³-hybridized carbons (Fsp3) is 0.157. The fourth-order valence-electron chi connectivity index (χ4n) is 8.06. The summed E-state index contributed by atoms with van der Waals surface area (Å²) in [5.74, 6) is 0.281. The molecule has 0 saturated carbocycles. The summed E-state index contributed by atoms with van der Waals surface area (Å²) in [6.07, 6.45) is 0.707. The van der Waals surface area contributed by atoms with Gasteiger partial charge >= 0.3 is 0 Å². The normalized spacial score (nSPS) is 11.9. The van der Waals surface area contributed by atoms with E-state index in [1.807, 2.05) is 57.2 Å². The number of fused-ring (bicyclic) bond motifs is 3. The van der Waals surface area contributed by atoms with Crippen LogP contribution < -0.4 is 0 Å². The number of halogens is 1. The Morgan fingerprint density at radius 2 is 0.742 bits per heavy atom. The Bertz CT molecular complexity index is 3450. The summed E-state index contributed by atoms with van der Waals surface area (Å²) in [7, 11) is -11.1. The predicted octanol–water partition coefficient (Wildman–Crippen LogP) is 10.5. The van der Waals surface area contributed by atoms with Crippen LogP contribution in [0.2, 0.25) is 0 Å². The Morgan fingerprint density at radius 1 is 0.439 bits per heavy atom. The van der Waals surface area contributed by atoms with Gasteiger partial charge in [0.2, 0.25) is 0 Å². The molecule has 0 fully saturated rings. The molecule has 6 aromatic carbocycles. The number of alkyl halides is 1. The summed E-state index contributed by atoms with van der Waals surface area (Å²) in [4.78, 5) is 12.1. The first-order valence-electron chi connectivity index (χ1n) is 20.8. The first kappa shape index (κ1) is 47.7. The summed E-state index contributed by atoms with van der Waals surface area (Å²) in [6.45, 7) is 10.7. The minimum Gasteiger partial charge on any atom is -0.392 e. The van der Waals surface area contributed by atoms with Gasteiger partial charge in [-0.1, -0.05) is 108 Å². The molecule has 0 spiro atoms. The number of benzene rings is 6. The first-order valence-corrected chi connectivity index (χ1v) is 25.6. The molecule has 0 radical (unpaired) electrons. The topological polar surface area (TPSA) is 155 Å². The number of nitrogens with zero attached hydrogens (tertiary/aromatic N) is 3. The lowest BCUT2D eigenvalue weighted by Crippen LogP contribution is -2.14. The molecule has 9 rings (SSSR count). The molecule has 66 heavy (non-hydrogen) atoms. The third-order valence-electron chi connectivity index (χ3n) is 11.6. The van der Waals surface area contributed by atoms with Crippen LogP contribution in [0.1, 0.15) is 55.3 Å². The minimum absolute atomic E-state index is 0.192. The number of aliphatic hydroxyl groups is 1. The Morgan fingerprint density at radius 3 is 1.09 bits per heavy atom. The third-order valence-corrected chi connectivity index (χ3v) is 17.3. The number of carbonyl (C=O) groups excluding carboxylic acids is 1. The largest absolute Gasteiger partial charge is 0.392 e. The Hall–Kier alpha value is -6.29. The highest BCUT2D eigenvalue weighted by Gasteiger charge is 2.27. The summed E-state index contributed by atoms with van der Waals surface area (Å²) in [5.41, 5.74) is 8.33.